The number of epoxide rings is 1. The van der Waals surface area contributed by atoms with Crippen molar-refractivity contribution >= 4 is 11.9 Å². The van der Waals surface area contributed by atoms with Crippen molar-refractivity contribution in [1.29, 1.82) is 0 Å². The standard InChI is InChI=1S/C15H21NO4/c17-12-7-10-3-1-2-4-15(10)11(8-13(18)19)14(9-20-14)5-6-16(12)15/h10-11H,1-9H2,(H,18,19)/t10-,11-,14-,15?/m1/s1. The zero-order valence-electron chi connectivity index (χ0n) is 11.6. The lowest BCUT2D eigenvalue weighted by Gasteiger charge is -2.55. The zero-order chi connectivity index (χ0) is 14.0. The number of ether oxygens (including phenoxy) is 1. The predicted octanol–water partition coefficient (Wildman–Crippen LogP) is 1.41. The van der Waals surface area contributed by atoms with E-state index in [0.717, 1.165) is 32.2 Å². The van der Waals surface area contributed by atoms with Gasteiger partial charge >= 0.3 is 5.97 Å². The molecule has 4 rings (SSSR count). The van der Waals surface area contributed by atoms with Gasteiger partial charge in [0.05, 0.1) is 24.2 Å². The third-order valence-electron chi connectivity index (χ3n) is 6.20. The number of aliphatic carboxylic acids is 1. The number of carbonyl (C=O) groups is 2. The largest absolute Gasteiger partial charge is 0.481 e. The molecule has 4 atom stereocenters. The molecular formula is C15H21NO4. The van der Waals surface area contributed by atoms with Crippen molar-refractivity contribution in [3.8, 4) is 0 Å². The van der Waals surface area contributed by atoms with Crippen molar-refractivity contribution in [1.82, 2.24) is 4.90 Å². The Balaban J connectivity index is 1.78. The summed E-state index contributed by atoms with van der Waals surface area (Å²) >= 11 is 0. The Kier molecular flexibility index (Phi) is 2.50. The fourth-order valence-electron chi connectivity index (χ4n) is 5.33. The summed E-state index contributed by atoms with van der Waals surface area (Å²) in [4.78, 5) is 25.8. The fraction of sp³-hybridized carbons (Fsp3) is 0.867. The molecule has 3 heterocycles. The summed E-state index contributed by atoms with van der Waals surface area (Å²) in [5.41, 5.74) is -0.461. The Morgan fingerprint density at radius 3 is 2.90 bits per heavy atom. The monoisotopic (exact) mass is 279 g/mol. The van der Waals surface area contributed by atoms with Crippen molar-refractivity contribution in [3.63, 3.8) is 0 Å². The van der Waals surface area contributed by atoms with Crippen LogP contribution in [-0.4, -0.2) is 46.2 Å². The summed E-state index contributed by atoms with van der Waals surface area (Å²) in [6.45, 7) is 1.44. The Labute approximate surface area is 118 Å². The van der Waals surface area contributed by atoms with Crippen LogP contribution in [0.4, 0.5) is 0 Å². The molecule has 1 aliphatic carbocycles. The van der Waals surface area contributed by atoms with E-state index in [0.29, 0.717) is 18.9 Å². The molecule has 5 nitrogen and oxygen atoms in total. The highest BCUT2D eigenvalue weighted by Gasteiger charge is 2.69. The third-order valence-corrected chi connectivity index (χ3v) is 6.20. The molecule has 0 radical (unpaired) electrons. The van der Waals surface area contributed by atoms with Gasteiger partial charge in [0.15, 0.2) is 0 Å². The fourth-order valence-corrected chi connectivity index (χ4v) is 5.33. The van der Waals surface area contributed by atoms with Crippen molar-refractivity contribution in [2.24, 2.45) is 11.8 Å². The number of nitrogens with zero attached hydrogens (tertiary/aromatic N) is 1. The van der Waals surface area contributed by atoms with Crippen LogP contribution >= 0.6 is 0 Å². The van der Waals surface area contributed by atoms with Crippen LogP contribution in [0, 0.1) is 11.8 Å². The summed E-state index contributed by atoms with van der Waals surface area (Å²) < 4.78 is 5.74. The van der Waals surface area contributed by atoms with Gasteiger partial charge in [0, 0.05) is 18.9 Å². The van der Waals surface area contributed by atoms with E-state index in [9.17, 15) is 14.7 Å². The molecule has 3 saturated heterocycles. The van der Waals surface area contributed by atoms with Gasteiger partial charge < -0.3 is 14.7 Å². The number of piperidine rings is 1. The number of carbonyl (C=O) groups excluding carboxylic acids is 1. The Morgan fingerprint density at radius 1 is 1.40 bits per heavy atom. The molecule has 0 aromatic heterocycles. The molecule has 4 fully saturated rings. The van der Waals surface area contributed by atoms with Crippen LogP contribution in [0.1, 0.15) is 44.9 Å². The molecule has 1 N–H and O–H groups in total. The molecule has 20 heavy (non-hydrogen) atoms. The molecular weight excluding hydrogens is 258 g/mol. The van der Waals surface area contributed by atoms with Crippen LogP contribution in [0.25, 0.3) is 0 Å². The molecule has 0 bridgehead atoms. The zero-order valence-corrected chi connectivity index (χ0v) is 11.6. The molecule has 110 valence electrons. The summed E-state index contributed by atoms with van der Waals surface area (Å²) in [5, 5.41) is 9.34. The molecule has 1 saturated carbocycles. The lowest BCUT2D eigenvalue weighted by atomic mass is 9.59. The van der Waals surface area contributed by atoms with Crippen LogP contribution in [-0.2, 0) is 14.3 Å². The van der Waals surface area contributed by atoms with Crippen LogP contribution in [0.3, 0.4) is 0 Å². The third kappa shape index (κ3) is 1.47. The van der Waals surface area contributed by atoms with E-state index in [4.69, 9.17) is 4.74 Å². The second kappa shape index (κ2) is 3.97. The van der Waals surface area contributed by atoms with E-state index in [1.54, 1.807) is 0 Å². The van der Waals surface area contributed by atoms with Gasteiger partial charge in [-0.3, -0.25) is 9.59 Å². The predicted molar refractivity (Wildman–Crippen MR) is 70.1 cm³/mol. The SMILES string of the molecule is O=C(O)C[C@H]1C23CCCC[C@@H]2CC(=O)N3CC[C@@]12CO2. The van der Waals surface area contributed by atoms with E-state index in [-0.39, 0.29) is 29.4 Å². The quantitative estimate of drug-likeness (QED) is 0.776. The van der Waals surface area contributed by atoms with Crippen molar-refractivity contribution in [2.45, 2.75) is 56.1 Å². The van der Waals surface area contributed by atoms with Gasteiger partial charge in [0.1, 0.15) is 0 Å². The van der Waals surface area contributed by atoms with Crippen LogP contribution < -0.4 is 0 Å². The molecule has 1 amide bonds. The normalized spacial score (nSPS) is 46.2. The molecule has 3 aliphatic heterocycles. The van der Waals surface area contributed by atoms with Crippen LogP contribution in [0.5, 0.6) is 0 Å². The highest BCUT2D eigenvalue weighted by molar-refractivity contribution is 5.81. The summed E-state index contributed by atoms with van der Waals surface area (Å²) in [6.07, 6.45) is 5.87. The molecule has 0 aromatic rings. The number of rotatable bonds is 2. The maximum absolute atomic E-state index is 12.4. The minimum absolute atomic E-state index is 0.0157. The van der Waals surface area contributed by atoms with Crippen molar-refractivity contribution in [2.75, 3.05) is 13.2 Å². The lowest BCUT2D eigenvalue weighted by Crippen LogP contribution is -2.64. The van der Waals surface area contributed by atoms with E-state index in [2.05, 4.69) is 0 Å². The Hall–Kier alpha value is -1.10. The van der Waals surface area contributed by atoms with Crippen LogP contribution in [0.2, 0.25) is 0 Å². The first-order valence-corrected chi connectivity index (χ1v) is 7.75. The van der Waals surface area contributed by atoms with Crippen molar-refractivity contribution in [3.05, 3.63) is 0 Å². The number of carboxylic acid groups (broad SMARTS) is 1. The average Bonchev–Trinajstić information content (AvgIpc) is 3.11. The molecule has 5 heteroatoms. The van der Waals surface area contributed by atoms with E-state index >= 15 is 0 Å². The van der Waals surface area contributed by atoms with Gasteiger partial charge in [-0.25, -0.2) is 0 Å². The van der Waals surface area contributed by atoms with Crippen LogP contribution in [0.15, 0.2) is 0 Å². The first-order valence-electron chi connectivity index (χ1n) is 7.75. The maximum Gasteiger partial charge on any atom is 0.303 e. The van der Waals surface area contributed by atoms with E-state index < -0.39 is 5.97 Å². The number of carboxylic acids is 1. The van der Waals surface area contributed by atoms with Gasteiger partial charge in [-0.15, -0.1) is 0 Å². The molecule has 2 spiro atoms. The minimum atomic E-state index is -0.759. The first kappa shape index (κ1) is 12.6. The maximum atomic E-state index is 12.4. The second-order valence-electron chi connectivity index (χ2n) is 6.94. The van der Waals surface area contributed by atoms with E-state index in [1.807, 2.05) is 4.90 Å². The van der Waals surface area contributed by atoms with Gasteiger partial charge in [-0.2, -0.15) is 0 Å². The Bertz CT molecular complexity index is 472. The van der Waals surface area contributed by atoms with Crippen molar-refractivity contribution < 1.29 is 19.4 Å². The Morgan fingerprint density at radius 2 is 2.20 bits per heavy atom. The van der Waals surface area contributed by atoms with Gasteiger partial charge in [-0.05, 0) is 25.2 Å². The lowest BCUT2D eigenvalue weighted by molar-refractivity contribution is -0.150. The van der Waals surface area contributed by atoms with Gasteiger partial charge in [0.25, 0.3) is 0 Å². The first-order chi connectivity index (χ1) is 9.58. The number of amides is 1. The smallest absolute Gasteiger partial charge is 0.303 e. The van der Waals surface area contributed by atoms with Gasteiger partial charge in [0.2, 0.25) is 5.91 Å². The molecule has 4 aliphatic rings. The second-order valence-corrected chi connectivity index (χ2v) is 6.94. The summed E-state index contributed by atoms with van der Waals surface area (Å²) in [5.74, 6) is -0.194. The highest BCUT2D eigenvalue weighted by atomic mass is 16.6. The summed E-state index contributed by atoms with van der Waals surface area (Å²) in [7, 11) is 0. The molecule has 0 aromatic carbocycles. The summed E-state index contributed by atoms with van der Waals surface area (Å²) in [6, 6.07) is 0. The number of hydrogen-bond acceptors (Lipinski definition) is 3. The highest BCUT2D eigenvalue weighted by Crippen LogP contribution is 2.60. The minimum Gasteiger partial charge on any atom is -0.481 e. The van der Waals surface area contributed by atoms with E-state index in [1.165, 1.54) is 6.42 Å². The van der Waals surface area contributed by atoms with Gasteiger partial charge in [-0.1, -0.05) is 12.8 Å². The average molecular weight is 279 g/mol. The molecule has 1 unspecified atom stereocenters. The topological polar surface area (TPSA) is 70.1 Å². The number of hydrogen-bond donors (Lipinski definition) is 1.